The molecule has 1 fully saturated rings. The average Bonchev–Trinajstić information content (AvgIpc) is 3.53. The summed E-state index contributed by atoms with van der Waals surface area (Å²) in [5.41, 5.74) is 4.39. The number of nitrogens with zero attached hydrogens (tertiary/aromatic N) is 4. The minimum Gasteiger partial charge on any atom is -0.436 e. The molecule has 186 valence electrons. The number of anilines is 1. The Kier molecular flexibility index (Phi) is 6.09. The molecule has 9 nitrogen and oxygen atoms in total. The highest BCUT2D eigenvalue weighted by molar-refractivity contribution is 5.96. The molecule has 3 aromatic heterocycles. The van der Waals surface area contributed by atoms with Crippen LogP contribution < -0.4 is 15.4 Å². The van der Waals surface area contributed by atoms with Gasteiger partial charge in [-0.1, -0.05) is 6.07 Å². The topological polar surface area (TPSA) is 114 Å². The van der Waals surface area contributed by atoms with Crippen molar-refractivity contribution in [2.24, 2.45) is 0 Å². The third kappa shape index (κ3) is 5.31. The first-order valence-corrected chi connectivity index (χ1v) is 12.0. The number of aromatic nitrogens is 4. The summed E-state index contributed by atoms with van der Waals surface area (Å²) in [5.74, 6) is 0.866. The molecule has 0 radical (unpaired) electrons. The zero-order valence-corrected chi connectivity index (χ0v) is 20.9. The maximum atomic E-state index is 12.6. The third-order valence-electron chi connectivity index (χ3n) is 5.94. The number of ether oxygens (including phenoxy) is 1. The monoisotopic (exact) mass is 486 g/mol. The van der Waals surface area contributed by atoms with Crippen LogP contribution in [0, 0.1) is 13.8 Å². The van der Waals surface area contributed by atoms with Crippen molar-refractivity contribution in [3.63, 3.8) is 0 Å². The number of amides is 1. The van der Waals surface area contributed by atoms with Crippen LogP contribution in [0.4, 0.5) is 5.69 Å². The summed E-state index contributed by atoms with van der Waals surface area (Å²) >= 11 is 0. The van der Waals surface area contributed by atoms with Crippen molar-refractivity contribution in [1.82, 2.24) is 24.9 Å². The fourth-order valence-corrected chi connectivity index (χ4v) is 3.84. The Hall–Kier alpha value is -3.98. The highest BCUT2D eigenvalue weighted by atomic mass is 16.5. The van der Waals surface area contributed by atoms with E-state index in [0.717, 1.165) is 35.4 Å². The average molecular weight is 487 g/mol. The molecule has 5 rings (SSSR count). The summed E-state index contributed by atoms with van der Waals surface area (Å²) in [7, 11) is 0. The lowest BCUT2D eigenvalue weighted by Crippen LogP contribution is -2.29. The van der Waals surface area contributed by atoms with Gasteiger partial charge in [-0.05, 0) is 70.4 Å². The van der Waals surface area contributed by atoms with E-state index in [4.69, 9.17) is 9.84 Å². The Morgan fingerprint density at radius 2 is 1.94 bits per heavy atom. The molecule has 0 atom stereocenters. The molecule has 0 aliphatic heterocycles. The Morgan fingerprint density at radius 1 is 1.14 bits per heavy atom. The Balaban J connectivity index is 1.53. The van der Waals surface area contributed by atoms with Crippen molar-refractivity contribution in [3.05, 3.63) is 65.6 Å². The lowest BCUT2D eigenvalue weighted by atomic mass is 10.0. The van der Waals surface area contributed by atoms with Gasteiger partial charge in [-0.3, -0.25) is 9.78 Å². The van der Waals surface area contributed by atoms with Gasteiger partial charge in [0.2, 0.25) is 5.88 Å². The highest BCUT2D eigenvalue weighted by Crippen LogP contribution is 2.30. The lowest BCUT2D eigenvalue weighted by molar-refractivity contribution is 0.0940. The van der Waals surface area contributed by atoms with Gasteiger partial charge < -0.3 is 20.5 Å². The van der Waals surface area contributed by atoms with Crippen LogP contribution in [0.1, 0.15) is 48.3 Å². The molecule has 1 aliphatic rings. The standard InChI is InChI=1S/C27H30N6O3/c1-16-11-18(6-10-21(16)26(34)31-19-7-8-19)23-14-29-25-22(30-15-27(3,4)35)12-24(32-33(23)25)36-20-9-5-17(2)28-13-20/h5-6,9-14,19,30,35H,7-8,15H2,1-4H3,(H,31,34). The second-order valence-corrected chi connectivity index (χ2v) is 9.96. The maximum absolute atomic E-state index is 12.6. The summed E-state index contributed by atoms with van der Waals surface area (Å²) in [6, 6.07) is 11.5. The molecule has 3 N–H and O–H groups in total. The van der Waals surface area contributed by atoms with Crippen LogP contribution in [0.2, 0.25) is 0 Å². The molecule has 3 heterocycles. The second-order valence-electron chi connectivity index (χ2n) is 9.96. The van der Waals surface area contributed by atoms with E-state index in [1.165, 1.54) is 0 Å². The van der Waals surface area contributed by atoms with Crippen molar-refractivity contribution in [3.8, 4) is 22.9 Å². The lowest BCUT2D eigenvalue weighted by Gasteiger charge is -2.19. The highest BCUT2D eigenvalue weighted by Gasteiger charge is 2.25. The fourth-order valence-electron chi connectivity index (χ4n) is 3.84. The zero-order chi connectivity index (χ0) is 25.4. The first-order chi connectivity index (χ1) is 17.2. The number of hydrogen-bond donors (Lipinski definition) is 3. The van der Waals surface area contributed by atoms with E-state index in [1.807, 2.05) is 44.2 Å². The zero-order valence-electron chi connectivity index (χ0n) is 20.9. The number of aryl methyl sites for hydroxylation is 2. The molecule has 1 amide bonds. The van der Waals surface area contributed by atoms with Gasteiger partial charge in [0.1, 0.15) is 5.75 Å². The largest absolute Gasteiger partial charge is 0.436 e. The van der Waals surface area contributed by atoms with Gasteiger partial charge >= 0.3 is 0 Å². The first-order valence-electron chi connectivity index (χ1n) is 12.0. The Labute approximate surface area is 209 Å². The van der Waals surface area contributed by atoms with Crippen molar-refractivity contribution in [1.29, 1.82) is 0 Å². The van der Waals surface area contributed by atoms with Gasteiger partial charge in [0.05, 0.1) is 29.4 Å². The van der Waals surface area contributed by atoms with E-state index in [9.17, 15) is 9.90 Å². The van der Waals surface area contributed by atoms with Gasteiger partial charge in [0, 0.05) is 35.5 Å². The van der Waals surface area contributed by atoms with Crippen molar-refractivity contribution in [2.45, 2.75) is 52.2 Å². The Morgan fingerprint density at radius 3 is 2.61 bits per heavy atom. The van der Waals surface area contributed by atoms with Gasteiger partial charge in [-0.25, -0.2) is 9.50 Å². The molecule has 9 heteroatoms. The Bertz CT molecular complexity index is 1420. The number of fused-ring (bicyclic) bond motifs is 1. The molecule has 0 unspecified atom stereocenters. The number of rotatable bonds is 8. The quantitative estimate of drug-likeness (QED) is 0.341. The van der Waals surface area contributed by atoms with E-state index in [1.54, 1.807) is 36.8 Å². The summed E-state index contributed by atoms with van der Waals surface area (Å²) in [6.07, 6.45) is 5.48. The molecule has 1 saturated carbocycles. The molecule has 1 aliphatic carbocycles. The van der Waals surface area contributed by atoms with Gasteiger partial charge in [-0.15, -0.1) is 5.10 Å². The third-order valence-corrected chi connectivity index (χ3v) is 5.94. The van der Waals surface area contributed by atoms with E-state index >= 15 is 0 Å². The predicted molar refractivity (Wildman–Crippen MR) is 137 cm³/mol. The first kappa shape index (κ1) is 23.7. The maximum Gasteiger partial charge on any atom is 0.251 e. The molecular formula is C27H30N6O3. The molecule has 0 spiro atoms. The molecular weight excluding hydrogens is 456 g/mol. The summed E-state index contributed by atoms with van der Waals surface area (Å²) in [4.78, 5) is 21.5. The molecule has 0 bridgehead atoms. The van der Waals surface area contributed by atoms with E-state index < -0.39 is 5.60 Å². The minimum absolute atomic E-state index is 0.0432. The van der Waals surface area contributed by atoms with E-state index in [0.29, 0.717) is 41.1 Å². The summed E-state index contributed by atoms with van der Waals surface area (Å²) in [5, 5.41) is 21.2. The van der Waals surface area contributed by atoms with Crippen molar-refractivity contribution in [2.75, 3.05) is 11.9 Å². The summed E-state index contributed by atoms with van der Waals surface area (Å²) in [6.45, 7) is 7.61. The summed E-state index contributed by atoms with van der Waals surface area (Å²) < 4.78 is 7.72. The minimum atomic E-state index is -0.925. The second kappa shape index (κ2) is 9.23. The van der Waals surface area contributed by atoms with Crippen LogP contribution in [0.25, 0.3) is 16.9 Å². The number of benzene rings is 1. The van der Waals surface area contributed by atoms with Crippen LogP contribution >= 0.6 is 0 Å². The molecule has 0 saturated heterocycles. The smallest absolute Gasteiger partial charge is 0.251 e. The van der Waals surface area contributed by atoms with Gasteiger partial charge in [-0.2, -0.15) is 0 Å². The SMILES string of the molecule is Cc1ccc(Oc2cc(NCC(C)(C)O)c3ncc(-c4ccc(C(=O)NC5CC5)c(C)c4)n3n2)cn1. The number of carbonyl (C=O) groups excluding carboxylic acids is 1. The van der Waals surface area contributed by atoms with Gasteiger partial charge in [0.25, 0.3) is 5.91 Å². The number of carbonyl (C=O) groups is 1. The molecule has 4 aromatic rings. The number of pyridine rings is 1. The molecule has 36 heavy (non-hydrogen) atoms. The van der Waals surface area contributed by atoms with Crippen molar-refractivity contribution < 1.29 is 14.6 Å². The number of hydrogen-bond acceptors (Lipinski definition) is 7. The van der Waals surface area contributed by atoms with Crippen LogP contribution in [-0.4, -0.2) is 48.8 Å². The van der Waals surface area contributed by atoms with Gasteiger partial charge in [0.15, 0.2) is 5.65 Å². The fraction of sp³-hybridized carbons (Fsp3) is 0.333. The van der Waals surface area contributed by atoms with Crippen LogP contribution in [-0.2, 0) is 0 Å². The molecule has 1 aromatic carbocycles. The van der Waals surface area contributed by atoms with Crippen LogP contribution in [0.5, 0.6) is 11.6 Å². The van der Waals surface area contributed by atoms with Crippen LogP contribution in [0.3, 0.4) is 0 Å². The van der Waals surface area contributed by atoms with Crippen molar-refractivity contribution >= 4 is 17.2 Å². The normalized spacial score (nSPS) is 13.6. The number of imidazole rings is 1. The number of aliphatic hydroxyl groups is 1. The predicted octanol–water partition coefficient (Wildman–Crippen LogP) is 4.28. The van der Waals surface area contributed by atoms with E-state index in [-0.39, 0.29) is 5.91 Å². The van der Waals surface area contributed by atoms with E-state index in [2.05, 4.69) is 20.6 Å². The number of nitrogens with one attached hydrogen (secondary N) is 2. The van der Waals surface area contributed by atoms with Crippen LogP contribution in [0.15, 0.2) is 48.8 Å².